The zero-order chi connectivity index (χ0) is 55.1. The van der Waals surface area contributed by atoms with E-state index >= 15 is 0 Å². The van der Waals surface area contributed by atoms with Crippen LogP contribution in [0.1, 0.15) is 22.3 Å². The summed E-state index contributed by atoms with van der Waals surface area (Å²) in [5.74, 6) is 2.77. The Hall–Kier alpha value is -6.99. The largest absolute Gasteiger partial charge is 3.00 e. The first kappa shape index (κ1) is 60.1. The van der Waals surface area contributed by atoms with Gasteiger partial charge in [-0.05, 0) is 113 Å². The molecule has 0 saturated carbocycles. The Bertz CT molecular complexity index is 3280. The van der Waals surface area contributed by atoms with Crippen LogP contribution in [0.4, 0.5) is 0 Å². The number of aromatic amines is 1. The molecular weight excluding hydrogens is 1070 g/mol. The van der Waals surface area contributed by atoms with Crippen LogP contribution in [-0.2, 0) is 55.0 Å². The molecule has 0 saturated heterocycles. The first-order chi connectivity index (χ1) is 39.5. The standard InChI is InChI=1S/C64H70N4O12.Fe/c1-69-25-29-73-33-37-77-49-13-5-9-45(41-49)61-53-17-19-55(65-53)62(46-10-6-14-50(42-46)78-38-34-74-30-26-70-2)57-21-23-59(67-57)64(48-12-8-16-52(44-48)80-40-36-76-32-28-72-4)60-24-22-58(68-60)63(56-20-18-54(61)66-56)47-11-7-15-51(43-47)79-39-35-75-31-27-71-3;/h5-24,41-44,53,68H,25-40H2,1-4H3;/q;+3/b61-54-,62-57-,63-58-,64-60-;. The van der Waals surface area contributed by atoms with Crippen molar-refractivity contribution in [1.82, 2.24) is 4.98 Å². The number of rotatable bonds is 32. The van der Waals surface area contributed by atoms with Gasteiger partial charge < -0.3 is 61.8 Å². The summed E-state index contributed by atoms with van der Waals surface area (Å²) in [6.07, 6.45) is 12.5. The van der Waals surface area contributed by atoms with Crippen molar-refractivity contribution in [1.29, 1.82) is 0 Å². The van der Waals surface area contributed by atoms with Crippen molar-refractivity contribution >= 4 is 39.4 Å². The third kappa shape index (κ3) is 16.6. The average molecular weight is 1140 g/mol. The van der Waals surface area contributed by atoms with E-state index in [2.05, 4.69) is 77.8 Å². The molecular formula is C64H70FeN4O12+3. The summed E-state index contributed by atoms with van der Waals surface area (Å²) in [5, 5.41) is 1.67. The molecule has 81 heavy (non-hydrogen) atoms. The minimum Gasteiger partial charge on any atom is -0.491 e. The summed E-state index contributed by atoms with van der Waals surface area (Å²) >= 11 is 0. The van der Waals surface area contributed by atoms with Gasteiger partial charge in [-0.2, -0.15) is 0 Å². The second kappa shape index (κ2) is 31.9. The minimum atomic E-state index is -0.458. The summed E-state index contributed by atoms with van der Waals surface area (Å²) in [5.41, 5.74) is 10.8. The van der Waals surface area contributed by atoms with Crippen molar-refractivity contribution in [3.05, 3.63) is 190 Å². The van der Waals surface area contributed by atoms with Gasteiger partial charge in [-0.3, -0.25) is 4.99 Å². The van der Waals surface area contributed by atoms with E-state index in [9.17, 15) is 0 Å². The number of aliphatic imine (C=N–C) groups is 3. The Kier molecular flexibility index (Phi) is 23.6. The smallest absolute Gasteiger partial charge is 0.491 e. The quantitative estimate of drug-likeness (QED) is 0.0329. The summed E-state index contributed by atoms with van der Waals surface area (Å²) in [6.45, 7) is 7.13. The Morgan fingerprint density at radius 1 is 0.370 bits per heavy atom. The van der Waals surface area contributed by atoms with E-state index in [4.69, 9.17) is 71.8 Å². The van der Waals surface area contributed by atoms with Gasteiger partial charge in [-0.15, -0.1) is 0 Å². The number of H-pyrrole nitrogens is 1. The van der Waals surface area contributed by atoms with Crippen molar-refractivity contribution in [2.45, 2.75) is 6.04 Å². The van der Waals surface area contributed by atoms with Crippen molar-refractivity contribution < 1.29 is 73.9 Å². The van der Waals surface area contributed by atoms with E-state index in [1.54, 1.807) is 28.4 Å². The number of benzene rings is 4. The van der Waals surface area contributed by atoms with Crippen molar-refractivity contribution in [2.24, 2.45) is 15.0 Å². The summed E-state index contributed by atoms with van der Waals surface area (Å²) in [6, 6.07) is 36.0. The Morgan fingerprint density at radius 2 is 0.741 bits per heavy atom. The topological polar surface area (TPSA) is 164 Å². The van der Waals surface area contributed by atoms with Gasteiger partial charge in [-0.1, -0.05) is 54.6 Å². The molecule has 9 rings (SSSR count). The normalized spacial score (nSPS) is 18.4. The Labute approximate surface area is 484 Å². The summed E-state index contributed by atoms with van der Waals surface area (Å²) in [7, 11) is 6.62. The molecule has 4 aliphatic heterocycles. The fraction of sp³-hybridized carbons (Fsp3) is 0.328. The van der Waals surface area contributed by atoms with Gasteiger partial charge in [0.2, 0.25) is 0 Å². The molecule has 16 nitrogen and oxygen atoms in total. The second-order valence-corrected chi connectivity index (χ2v) is 18.5. The summed E-state index contributed by atoms with van der Waals surface area (Å²) < 4.78 is 68.6. The van der Waals surface area contributed by atoms with E-state index in [0.717, 1.165) is 83.8 Å². The molecule has 0 amide bonds. The van der Waals surface area contributed by atoms with Crippen LogP contribution in [0.25, 0.3) is 22.3 Å². The van der Waals surface area contributed by atoms with Gasteiger partial charge in [0.1, 0.15) is 49.4 Å². The number of methoxy groups -OCH3 is 4. The molecule has 8 bridgehead atoms. The maximum absolute atomic E-state index is 6.27. The maximum Gasteiger partial charge on any atom is 3.00 e. The van der Waals surface area contributed by atoms with Crippen molar-refractivity contribution in [2.75, 3.05) is 134 Å². The number of ether oxygens (including phenoxy) is 12. The van der Waals surface area contributed by atoms with E-state index in [-0.39, 0.29) is 17.1 Å². The van der Waals surface area contributed by atoms with Crippen LogP contribution in [0.15, 0.2) is 172 Å². The van der Waals surface area contributed by atoms with Crippen LogP contribution in [0.3, 0.4) is 0 Å². The number of allylic oxidation sites excluding steroid dienone is 6. The molecule has 1 N–H and O–H groups in total. The molecule has 0 aliphatic carbocycles. The zero-order valence-electron chi connectivity index (χ0n) is 46.3. The third-order valence-electron chi connectivity index (χ3n) is 13.0. The molecule has 4 aliphatic rings. The molecule has 5 aromatic rings. The van der Waals surface area contributed by atoms with Gasteiger partial charge in [0.05, 0.1) is 114 Å². The number of nitrogens with one attached hydrogen (secondary N) is 1. The van der Waals surface area contributed by atoms with Gasteiger partial charge in [0, 0.05) is 61.4 Å². The number of fused-ring (bicyclic) bond motifs is 5. The van der Waals surface area contributed by atoms with Crippen LogP contribution < -0.4 is 29.6 Å². The van der Waals surface area contributed by atoms with Crippen molar-refractivity contribution in [3.63, 3.8) is 0 Å². The van der Waals surface area contributed by atoms with Crippen LogP contribution in [0.2, 0.25) is 0 Å². The monoisotopic (exact) mass is 1140 g/mol. The molecule has 1 unspecified atom stereocenters. The molecule has 4 aromatic carbocycles. The van der Waals surface area contributed by atoms with E-state index in [1.807, 2.05) is 72.8 Å². The molecule has 0 spiro atoms. The SMILES string of the molecule is COCCOCCOc1cccc(/C2=C3\C=CC(=N3)/C(c3cccc(OCCOCCOC)c3)=c3/cc/c([nH]3)=C(\c3cccc(OCCOCCOC)c3)C3=N/C(=C(/c4cccc(OCCOCCOC)c4)C4C=CC2=N4)C=C3)c1.[Fe+3]. The average Bonchev–Trinajstić information content (AvgIpc) is 4.47. The van der Waals surface area contributed by atoms with Gasteiger partial charge >= 0.3 is 17.1 Å². The molecule has 1 aromatic heterocycles. The van der Waals surface area contributed by atoms with Gasteiger partial charge in [0.25, 0.3) is 0 Å². The fourth-order valence-electron chi connectivity index (χ4n) is 9.31. The van der Waals surface area contributed by atoms with Crippen LogP contribution in [-0.4, -0.2) is 162 Å². The Morgan fingerprint density at radius 3 is 1.17 bits per heavy atom. The molecule has 423 valence electrons. The van der Waals surface area contributed by atoms with E-state index < -0.39 is 6.04 Å². The first-order valence-corrected chi connectivity index (χ1v) is 27.0. The number of aromatic nitrogens is 1. The van der Waals surface area contributed by atoms with E-state index in [0.29, 0.717) is 129 Å². The molecule has 17 heteroatoms. The fourth-order valence-corrected chi connectivity index (χ4v) is 9.31. The second-order valence-electron chi connectivity index (χ2n) is 18.5. The number of nitrogens with zero attached hydrogens (tertiary/aromatic N) is 3. The molecule has 1 radical (unpaired) electrons. The van der Waals surface area contributed by atoms with E-state index in [1.165, 1.54) is 0 Å². The van der Waals surface area contributed by atoms with Gasteiger partial charge in [-0.25, -0.2) is 9.98 Å². The predicted molar refractivity (Wildman–Crippen MR) is 311 cm³/mol. The predicted octanol–water partition coefficient (Wildman–Crippen LogP) is 7.81. The van der Waals surface area contributed by atoms with Crippen LogP contribution >= 0.6 is 0 Å². The van der Waals surface area contributed by atoms with Crippen LogP contribution in [0.5, 0.6) is 23.0 Å². The zero-order valence-corrected chi connectivity index (χ0v) is 47.4. The molecule has 0 fully saturated rings. The Balaban J connectivity index is 0.00000860. The van der Waals surface area contributed by atoms with Crippen LogP contribution in [0, 0.1) is 0 Å². The van der Waals surface area contributed by atoms with Crippen molar-refractivity contribution in [3.8, 4) is 23.0 Å². The van der Waals surface area contributed by atoms with Gasteiger partial charge in [0.15, 0.2) is 0 Å². The molecule has 5 heterocycles. The number of hydrogen-bond acceptors (Lipinski definition) is 15. The maximum atomic E-state index is 6.27. The summed E-state index contributed by atoms with van der Waals surface area (Å²) in [4.78, 5) is 20.5. The molecule has 1 atom stereocenters. The third-order valence-corrected chi connectivity index (χ3v) is 13.0. The first-order valence-electron chi connectivity index (χ1n) is 27.0. The minimum absolute atomic E-state index is 0. The number of hydrogen-bond donors (Lipinski definition) is 1.